The summed E-state index contributed by atoms with van der Waals surface area (Å²) in [5.41, 5.74) is 0.410. The Balaban J connectivity index is 1.71. The van der Waals surface area contributed by atoms with E-state index >= 15 is 0 Å². The summed E-state index contributed by atoms with van der Waals surface area (Å²) in [6.45, 7) is 0.663. The molecule has 0 saturated heterocycles. The highest BCUT2D eigenvalue weighted by atomic mass is 32.1. The van der Waals surface area contributed by atoms with Crippen molar-refractivity contribution in [1.29, 1.82) is 0 Å². The van der Waals surface area contributed by atoms with Crippen molar-refractivity contribution in [1.82, 2.24) is 5.32 Å². The van der Waals surface area contributed by atoms with Crippen LogP contribution in [0.2, 0.25) is 0 Å². The number of hydrogen-bond acceptors (Lipinski definition) is 2. The third-order valence-electron chi connectivity index (χ3n) is 2.64. The van der Waals surface area contributed by atoms with Gasteiger partial charge in [-0.2, -0.15) is 0 Å². The fourth-order valence-electron chi connectivity index (χ4n) is 1.67. The van der Waals surface area contributed by atoms with Crippen LogP contribution >= 0.6 is 12.2 Å². The maximum Gasteiger partial charge on any atom is 0.170 e. The quantitative estimate of drug-likeness (QED) is 0.654. The summed E-state index contributed by atoms with van der Waals surface area (Å²) in [7, 11) is 0. The minimum atomic E-state index is -0.907. The maximum atomic E-state index is 13.0. The summed E-state index contributed by atoms with van der Waals surface area (Å²) < 4.78 is 31.0. The zero-order valence-corrected chi connectivity index (χ0v) is 11.5. The molecule has 2 rings (SSSR count). The normalized spacial score (nSPS) is 10.3. The largest absolute Gasteiger partial charge is 0.469 e. The van der Waals surface area contributed by atoms with Gasteiger partial charge in [-0.1, -0.05) is 0 Å². The van der Waals surface area contributed by atoms with Crippen LogP contribution in [-0.2, 0) is 6.42 Å². The molecule has 0 atom stereocenters. The van der Waals surface area contributed by atoms with E-state index < -0.39 is 11.6 Å². The number of benzene rings is 1. The van der Waals surface area contributed by atoms with E-state index in [2.05, 4.69) is 10.6 Å². The molecule has 0 amide bonds. The van der Waals surface area contributed by atoms with Crippen LogP contribution in [0.25, 0.3) is 0 Å². The number of anilines is 1. The average Bonchev–Trinajstić information content (AvgIpc) is 2.92. The van der Waals surface area contributed by atoms with Gasteiger partial charge < -0.3 is 15.1 Å². The van der Waals surface area contributed by atoms with Crippen molar-refractivity contribution in [3.05, 3.63) is 54.0 Å². The molecule has 106 valence electrons. The smallest absolute Gasteiger partial charge is 0.170 e. The molecular weight excluding hydrogens is 282 g/mol. The summed E-state index contributed by atoms with van der Waals surface area (Å²) in [4.78, 5) is 0. The van der Waals surface area contributed by atoms with Crippen LogP contribution in [0.15, 0.2) is 41.0 Å². The SMILES string of the molecule is Fc1ccc(NC(=S)NCCCc2ccco2)cc1F. The lowest BCUT2D eigenvalue weighted by Gasteiger charge is -2.10. The molecule has 0 aliphatic carbocycles. The van der Waals surface area contributed by atoms with Gasteiger partial charge in [-0.15, -0.1) is 0 Å². The van der Waals surface area contributed by atoms with Gasteiger partial charge in [0, 0.05) is 24.7 Å². The molecule has 3 nitrogen and oxygen atoms in total. The van der Waals surface area contributed by atoms with E-state index in [-0.39, 0.29) is 0 Å². The molecule has 0 radical (unpaired) electrons. The lowest BCUT2D eigenvalue weighted by Crippen LogP contribution is -2.29. The summed E-state index contributed by atoms with van der Waals surface area (Å²) in [5.74, 6) is -0.866. The molecule has 0 bridgehead atoms. The number of thiocarbonyl (C=S) groups is 1. The molecule has 6 heteroatoms. The first-order valence-corrected chi connectivity index (χ1v) is 6.58. The molecule has 0 fully saturated rings. The van der Waals surface area contributed by atoms with E-state index in [0.29, 0.717) is 17.3 Å². The molecule has 1 aromatic heterocycles. The molecular formula is C14H14F2N2OS. The third kappa shape index (κ3) is 4.31. The number of nitrogens with one attached hydrogen (secondary N) is 2. The summed E-state index contributed by atoms with van der Waals surface area (Å²) >= 11 is 5.06. The van der Waals surface area contributed by atoms with E-state index in [0.717, 1.165) is 30.7 Å². The number of hydrogen-bond donors (Lipinski definition) is 2. The van der Waals surface area contributed by atoms with E-state index in [1.165, 1.54) is 6.07 Å². The van der Waals surface area contributed by atoms with E-state index in [9.17, 15) is 8.78 Å². The number of furan rings is 1. The Labute approximate surface area is 121 Å². The maximum absolute atomic E-state index is 13.0. The van der Waals surface area contributed by atoms with Gasteiger partial charge in [0.1, 0.15) is 5.76 Å². The van der Waals surface area contributed by atoms with E-state index in [4.69, 9.17) is 16.6 Å². The Morgan fingerprint density at radius 1 is 1.20 bits per heavy atom. The van der Waals surface area contributed by atoms with Crippen LogP contribution in [-0.4, -0.2) is 11.7 Å². The second kappa shape index (κ2) is 7.00. The highest BCUT2D eigenvalue weighted by Crippen LogP contribution is 2.12. The average molecular weight is 296 g/mol. The van der Waals surface area contributed by atoms with Crippen molar-refractivity contribution in [3.63, 3.8) is 0 Å². The van der Waals surface area contributed by atoms with Crippen molar-refractivity contribution in [3.8, 4) is 0 Å². The first-order valence-electron chi connectivity index (χ1n) is 6.17. The molecule has 0 unspecified atom stereocenters. The predicted molar refractivity (Wildman–Crippen MR) is 77.6 cm³/mol. The first kappa shape index (κ1) is 14.5. The summed E-state index contributed by atoms with van der Waals surface area (Å²) in [6, 6.07) is 7.30. The predicted octanol–water partition coefficient (Wildman–Crippen LogP) is 3.48. The van der Waals surface area contributed by atoms with Gasteiger partial charge in [-0.3, -0.25) is 0 Å². The third-order valence-corrected chi connectivity index (χ3v) is 2.89. The number of halogens is 2. The fourth-order valence-corrected chi connectivity index (χ4v) is 1.89. The molecule has 1 aromatic carbocycles. The van der Waals surface area contributed by atoms with Gasteiger partial charge in [0.2, 0.25) is 0 Å². The van der Waals surface area contributed by atoms with Gasteiger partial charge >= 0.3 is 0 Å². The van der Waals surface area contributed by atoms with Gasteiger partial charge in [-0.05, 0) is 42.9 Å². The van der Waals surface area contributed by atoms with Crippen molar-refractivity contribution in [2.45, 2.75) is 12.8 Å². The second-order valence-corrected chi connectivity index (χ2v) is 4.60. The Morgan fingerprint density at radius 3 is 2.75 bits per heavy atom. The van der Waals surface area contributed by atoms with Crippen LogP contribution in [0.4, 0.5) is 14.5 Å². The van der Waals surface area contributed by atoms with E-state index in [1.54, 1.807) is 6.26 Å². The van der Waals surface area contributed by atoms with Crippen molar-refractivity contribution in [2.75, 3.05) is 11.9 Å². The lowest BCUT2D eigenvalue weighted by molar-refractivity contribution is 0.501. The standard InChI is InChI=1S/C14H14F2N2OS/c15-12-6-5-10(9-13(12)16)18-14(20)17-7-1-3-11-4-2-8-19-11/h2,4-6,8-9H,1,3,7H2,(H2,17,18,20). The van der Waals surface area contributed by atoms with Gasteiger partial charge in [0.25, 0.3) is 0 Å². The van der Waals surface area contributed by atoms with Gasteiger partial charge in [-0.25, -0.2) is 8.78 Å². The van der Waals surface area contributed by atoms with Crippen LogP contribution in [0.1, 0.15) is 12.2 Å². The molecule has 20 heavy (non-hydrogen) atoms. The van der Waals surface area contributed by atoms with Crippen LogP contribution in [0.5, 0.6) is 0 Å². The molecule has 0 aliphatic rings. The number of aryl methyl sites for hydroxylation is 1. The fraction of sp³-hybridized carbons (Fsp3) is 0.214. The summed E-state index contributed by atoms with van der Waals surface area (Å²) in [6.07, 6.45) is 3.30. The number of rotatable bonds is 5. The second-order valence-electron chi connectivity index (χ2n) is 4.19. The highest BCUT2D eigenvalue weighted by molar-refractivity contribution is 7.80. The highest BCUT2D eigenvalue weighted by Gasteiger charge is 2.03. The van der Waals surface area contributed by atoms with Crippen LogP contribution in [0.3, 0.4) is 0 Å². The Kier molecular flexibility index (Phi) is 5.06. The minimum Gasteiger partial charge on any atom is -0.469 e. The Morgan fingerprint density at radius 2 is 2.05 bits per heavy atom. The molecule has 0 spiro atoms. The van der Waals surface area contributed by atoms with Gasteiger partial charge in [0.05, 0.1) is 6.26 Å². The summed E-state index contributed by atoms with van der Waals surface area (Å²) in [5, 5.41) is 6.15. The lowest BCUT2D eigenvalue weighted by atomic mass is 10.2. The Bertz CT molecular complexity index is 573. The van der Waals surface area contributed by atoms with Crippen molar-refractivity contribution < 1.29 is 13.2 Å². The van der Waals surface area contributed by atoms with Gasteiger partial charge in [0.15, 0.2) is 16.7 Å². The minimum absolute atomic E-state index is 0.371. The molecule has 1 heterocycles. The molecule has 2 N–H and O–H groups in total. The van der Waals surface area contributed by atoms with Crippen molar-refractivity contribution >= 4 is 23.0 Å². The first-order chi connectivity index (χ1) is 9.65. The van der Waals surface area contributed by atoms with Crippen LogP contribution < -0.4 is 10.6 Å². The van der Waals surface area contributed by atoms with Crippen LogP contribution in [0, 0.1) is 11.6 Å². The van der Waals surface area contributed by atoms with Crippen molar-refractivity contribution in [2.24, 2.45) is 0 Å². The zero-order chi connectivity index (χ0) is 14.4. The zero-order valence-electron chi connectivity index (χ0n) is 10.7. The van der Waals surface area contributed by atoms with E-state index in [1.807, 2.05) is 12.1 Å². The Hall–Kier alpha value is -1.95. The molecule has 0 saturated carbocycles. The molecule has 0 aliphatic heterocycles. The topological polar surface area (TPSA) is 37.2 Å². The molecule has 2 aromatic rings. The monoisotopic (exact) mass is 296 g/mol.